The van der Waals surface area contributed by atoms with Crippen LogP contribution in [0, 0.1) is 0 Å². The predicted octanol–water partition coefficient (Wildman–Crippen LogP) is 7.46. The van der Waals surface area contributed by atoms with Crippen LogP contribution in [0.15, 0.2) is 24.3 Å². The average Bonchev–Trinajstić information content (AvgIpc) is 2.78. The van der Waals surface area contributed by atoms with Gasteiger partial charge in [0.1, 0.15) is 0 Å². The minimum atomic E-state index is 0.665. The number of thioether (sulfide) groups is 5. The van der Waals surface area contributed by atoms with Gasteiger partial charge in [-0.1, -0.05) is 38.1 Å². The van der Waals surface area contributed by atoms with Gasteiger partial charge in [-0.3, -0.25) is 0 Å². The lowest BCUT2D eigenvalue weighted by molar-refractivity contribution is 0.332. The predicted molar refractivity (Wildman–Crippen MR) is 156 cm³/mol. The molecule has 2 rings (SSSR count). The van der Waals surface area contributed by atoms with Crippen LogP contribution in [-0.4, -0.2) is 75.5 Å². The monoisotopic (exact) mass is 517 g/mol. The average molecular weight is 518 g/mol. The summed E-state index contributed by atoms with van der Waals surface area (Å²) in [4.78, 5) is 2.54. The molecule has 1 aliphatic heterocycles. The highest BCUT2D eigenvalue weighted by molar-refractivity contribution is 8.05. The van der Waals surface area contributed by atoms with E-state index in [9.17, 15) is 0 Å². The molecule has 0 aliphatic carbocycles. The van der Waals surface area contributed by atoms with Crippen molar-refractivity contribution in [3.05, 3.63) is 35.4 Å². The Bertz CT molecular complexity index is 535. The molecule has 1 aromatic carbocycles. The SMILES string of the molecule is CCC(C)c1ccc(CN(C)CC2CSCCCSCCSCCSCCCS2)cc1. The van der Waals surface area contributed by atoms with Crippen molar-refractivity contribution in [2.45, 2.75) is 50.8 Å². The molecule has 0 saturated carbocycles. The van der Waals surface area contributed by atoms with Crippen LogP contribution < -0.4 is 0 Å². The summed E-state index contributed by atoms with van der Waals surface area (Å²) in [5.74, 6) is 12.6. The Morgan fingerprint density at radius 3 is 2.06 bits per heavy atom. The maximum absolute atomic E-state index is 2.54. The third kappa shape index (κ3) is 13.4. The van der Waals surface area contributed by atoms with E-state index >= 15 is 0 Å². The summed E-state index contributed by atoms with van der Waals surface area (Å²) < 4.78 is 0. The first-order valence-electron chi connectivity index (χ1n) is 11.9. The molecular weight excluding hydrogens is 475 g/mol. The minimum absolute atomic E-state index is 0.665. The Labute approximate surface area is 214 Å². The molecule has 0 radical (unpaired) electrons. The van der Waals surface area contributed by atoms with Crippen molar-refractivity contribution in [2.24, 2.45) is 0 Å². The van der Waals surface area contributed by atoms with E-state index in [1.54, 1.807) is 0 Å². The highest BCUT2D eigenvalue weighted by Crippen LogP contribution is 2.23. The van der Waals surface area contributed by atoms with Crippen LogP contribution in [0.4, 0.5) is 0 Å². The van der Waals surface area contributed by atoms with Crippen molar-refractivity contribution in [3.8, 4) is 0 Å². The highest BCUT2D eigenvalue weighted by Gasteiger charge is 2.13. The third-order valence-electron chi connectivity index (χ3n) is 5.54. The molecule has 31 heavy (non-hydrogen) atoms. The first-order valence-corrected chi connectivity index (χ1v) is 17.6. The molecule has 2 unspecified atom stereocenters. The molecular formula is C25H43NS5. The Balaban J connectivity index is 1.79. The van der Waals surface area contributed by atoms with Crippen LogP contribution in [0.2, 0.25) is 0 Å². The smallest absolute Gasteiger partial charge is 0.0265 e. The standard InChI is InChI=1S/C25H43NS5/c1-4-22(2)24-9-7-23(8-10-24)19-26(3)20-25-21-30-13-5-11-27-15-17-29-18-16-28-12-6-14-31-25/h7-10,22,25H,4-6,11-21H2,1-3H3. The summed E-state index contributed by atoms with van der Waals surface area (Å²) >= 11 is 10.9. The normalized spacial score (nSPS) is 22.1. The number of rotatable bonds is 6. The highest BCUT2D eigenvalue weighted by atomic mass is 32.2. The van der Waals surface area contributed by atoms with Crippen LogP contribution in [-0.2, 0) is 6.54 Å². The Hall–Kier alpha value is 0.930. The molecule has 0 N–H and O–H groups in total. The van der Waals surface area contributed by atoms with Crippen LogP contribution in [0.25, 0.3) is 0 Å². The van der Waals surface area contributed by atoms with Gasteiger partial charge in [-0.15, -0.1) is 0 Å². The molecule has 1 aromatic rings. The molecule has 178 valence electrons. The summed E-state index contributed by atoms with van der Waals surface area (Å²) in [5, 5.41) is 0.748. The van der Waals surface area contributed by atoms with Crippen molar-refractivity contribution in [2.75, 3.05) is 65.4 Å². The van der Waals surface area contributed by atoms with Gasteiger partial charge in [0, 0.05) is 47.1 Å². The molecule has 1 nitrogen and oxygen atoms in total. The molecule has 6 heteroatoms. The van der Waals surface area contributed by atoms with Gasteiger partial charge in [0.2, 0.25) is 0 Å². The summed E-state index contributed by atoms with van der Waals surface area (Å²) in [6.45, 7) is 6.86. The zero-order chi connectivity index (χ0) is 22.2. The summed E-state index contributed by atoms with van der Waals surface area (Å²) in [6.07, 6.45) is 3.94. The molecule has 1 saturated heterocycles. The van der Waals surface area contributed by atoms with Gasteiger partial charge >= 0.3 is 0 Å². The third-order valence-corrected chi connectivity index (χ3v) is 11.9. The number of nitrogens with zero attached hydrogens (tertiary/aromatic N) is 1. The lowest BCUT2D eigenvalue weighted by Crippen LogP contribution is -2.29. The van der Waals surface area contributed by atoms with Crippen molar-refractivity contribution >= 4 is 58.8 Å². The van der Waals surface area contributed by atoms with Gasteiger partial charge in [0.05, 0.1) is 0 Å². The van der Waals surface area contributed by atoms with Gasteiger partial charge in [-0.05, 0) is 66.4 Å². The number of benzene rings is 1. The first kappa shape index (κ1) is 28.2. The minimum Gasteiger partial charge on any atom is -0.301 e. The van der Waals surface area contributed by atoms with Crippen LogP contribution in [0.5, 0.6) is 0 Å². The Kier molecular flexibility index (Phi) is 16.6. The van der Waals surface area contributed by atoms with E-state index in [1.165, 1.54) is 88.7 Å². The molecule has 2 atom stereocenters. The van der Waals surface area contributed by atoms with E-state index in [0.29, 0.717) is 5.92 Å². The van der Waals surface area contributed by atoms with E-state index in [4.69, 9.17) is 0 Å². The van der Waals surface area contributed by atoms with E-state index in [-0.39, 0.29) is 0 Å². The topological polar surface area (TPSA) is 3.24 Å². The first-order chi connectivity index (χ1) is 15.2. The fraction of sp³-hybridized carbons (Fsp3) is 0.760. The molecule has 1 fully saturated rings. The van der Waals surface area contributed by atoms with Gasteiger partial charge in [-0.25, -0.2) is 0 Å². The van der Waals surface area contributed by atoms with E-state index in [1.807, 2.05) is 0 Å². The molecule has 1 heterocycles. The van der Waals surface area contributed by atoms with Gasteiger partial charge in [0.25, 0.3) is 0 Å². The number of hydrogen-bond donors (Lipinski definition) is 0. The maximum Gasteiger partial charge on any atom is 0.0265 e. The second kappa shape index (κ2) is 18.3. The zero-order valence-corrected chi connectivity index (χ0v) is 23.9. The van der Waals surface area contributed by atoms with Gasteiger partial charge in [-0.2, -0.15) is 58.8 Å². The van der Waals surface area contributed by atoms with Gasteiger partial charge < -0.3 is 4.90 Å². The van der Waals surface area contributed by atoms with Crippen LogP contribution >= 0.6 is 58.8 Å². The zero-order valence-electron chi connectivity index (χ0n) is 19.9. The second-order valence-corrected chi connectivity index (χ2v) is 14.6. The lowest BCUT2D eigenvalue weighted by atomic mass is 9.97. The fourth-order valence-corrected chi connectivity index (χ4v) is 9.62. The molecule has 0 bridgehead atoms. The summed E-state index contributed by atoms with van der Waals surface area (Å²) in [6, 6.07) is 9.36. The number of hydrogen-bond acceptors (Lipinski definition) is 6. The van der Waals surface area contributed by atoms with Crippen molar-refractivity contribution in [1.29, 1.82) is 0 Å². The Morgan fingerprint density at radius 1 is 0.839 bits per heavy atom. The second-order valence-electron chi connectivity index (χ2n) is 8.36. The summed E-state index contributed by atoms with van der Waals surface area (Å²) in [5.41, 5.74) is 2.92. The molecule has 0 amide bonds. The van der Waals surface area contributed by atoms with E-state index in [0.717, 1.165) is 11.8 Å². The Morgan fingerprint density at radius 2 is 1.42 bits per heavy atom. The fourth-order valence-electron chi connectivity index (χ4n) is 3.50. The maximum atomic E-state index is 2.54. The summed E-state index contributed by atoms with van der Waals surface area (Å²) in [7, 11) is 2.31. The van der Waals surface area contributed by atoms with Gasteiger partial charge in [0.15, 0.2) is 0 Å². The quantitative estimate of drug-likeness (QED) is 0.382. The van der Waals surface area contributed by atoms with Crippen LogP contribution in [0.3, 0.4) is 0 Å². The molecule has 0 aromatic heterocycles. The van der Waals surface area contributed by atoms with E-state index < -0.39 is 0 Å². The van der Waals surface area contributed by atoms with E-state index in [2.05, 4.69) is 109 Å². The van der Waals surface area contributed by atoms with Crippen LogP contribution in [0.1, 0.15) is 50.2 Å². The van der Waals surface area contributed by atoms with Crippen molar-refractivity contribution in [1.82, 2.24) is 4.90 Å². The van der Waals surface area contributed by atoms with Crippen molar-refractivity contribution < 1.29 is 0 Å². The van der Waals surface area contributed by atoms with Crippen molar-refractivity contribution in [3.63, 3.8) is 0 Å². The molecule has 0 spiro atoms. The molecule has 1 aliphatic rings. The lowest BCUT2D eigenvalue weighted by Gasteiger charge is -2.24. The largest absolute Gasteiger partial charge is 0.301 e.